The summed E-state index contributed by atoms with van der Waals surface area (Å²) >= 11 is 0. The Kier molecular flexibility index (Phi) is 5.08. The molecule has 90 valence electrons. The van der Waals surface area contributed by atoms with Gasteiger partial charge in [0.05, 0.1) is 0 Å². The van der Waals surface area contributed by atoms with E-state index >= 15 is 0 Å². The van der Waals surface area contributed by atoms with Gasteiger partial charge in [0.1, 0.15) is 0 Å². The minimum absolute atomic E-state index is 0.0923. The van der Waals surface area contributed by atoms with Crippen LogP contribution in [0.15, 0.2) is 0 Å². The van der Waals surface area contributed by atoms with Crippen LogP contribution in [0.1, 0.15) is 41.0 Å². The van der Waals surface area contributed by atoms with E-state index in [0.717, 1.165) is 6.42 Å². The number of hydrogen-bond donors (Lipinski definition) is 2. The Morgan fingerprint density at radius 3 is 2.20 bits per heavy atom. The second-order valence-electron chi connectivity index (χ2n) is 5.11. The molecule has 15 heavy (non-hydrogen) atoms. The highest BCUT2D eigenvalue weighted by molar-refractivity contribution is 5.66. The average Bonchev–Trinajstić information content (AvgIpc) is 2.09. The Balaban J connectivity index is 4.50. The summed E-state index contributed by atoms with van der Waals surface area (Å²) in [6, 6.07) is -0.0923. The molecule has 2 atom stereocenters. The Morgan fingerprint density at radius 1 is 1.47 bits per heavy atom. The lowest BCUT2D eigenvalue weighted by Crippen LogP contribution is -2.51. The van der Waals surface area contributed by atoms with E-state index in [-0.39, 0.29) is 6.04 Å². The van der Waals surface area contributed by atoms with Gasteiger partial charge in [0.2, 0.25) is 0 Å². The number of rotatable bonds is 4. The van der Waals surface area contributed by atoms with Crippen LogP contribution in [0.2, 0.25) is 0 Å². The van der Waals surface area contributed by atoms with Crippen molar-refractivity contribution in [2.24, 2.45) is 11.7 Å². The van der Waals surface area contributed by atoms with Gasteiger partial charge in [-0.15, -0.1) is 0 Å². The number of hydrogen-bond acceptors (Lipinski definition) is 2. The molecule has 1 unspecified atom stereocenters. The predicted molar refractivity (Wildman–Crippen MR) is 61.9 cm³/mol. The minimum Gasteiger partial charge on any atom is -0.465 e. The molecule has 0 fully saturated rings. The highest BCUT2D eigenvalue weighted by atomic mass is 16.4. The third kappa shape index (κ3) is 4.51. The molecule has 0 saturated carbocycles. The second kappa shape index (κ2) is 5.35. The number of nitrogens with two attached hydrogens (primary N) is 1. The quantitative estimate of drug-likeness (QED) is 0.756. The fraction of sp³-hybridized carbons (Fsp3) is 0.909. The third-order valence-corrected chi connectivity index (χ3v) is 2.81. The van der Waals surface area contributed by atoms with Gasteiger partial charge in [0.25, 0.3) is 0 Å². The van der Waals surface area contributed by atoms with Crippen molar-refractivity contribution in [1.82, 2.24) is 4.90 Å². The van der Waals surface area contributed by atoms with Crippen molar-refractivity contribution in [2.45, 2.75) is 52.6 Å². The first kappa shape index (κ1) is 14.2. The molecular formula is C11H24N2O2. The third-order valence-electron chi connectivity index (χ3n) is 2.81. The molecule has 0 aromatic carbocycles. The van der Waals surface area contributed by atoms with E-state index in [1.54, 1.807) is 0 Å². The van der Waals surface area contributed by atoms with Crippen LogP contribution in [-0.4, -0.2) is 34.2 Å². The number of carboxylic acid groups (broad SMARTS) is 1. The van der Waals surface area contributed by atoms with Crippen molar-refractivity contribution in [3.05, 3.63) is 0 Å². The van der Waals surface area contributed by atoms with Crippen LogP contribution < -0.4 is 5.73 Å². The molecule has 0 bridgehead atoms. The Bertz CT molecular complexity index is 211. The molecule has 4 heteroatoms. The predicted octanol–water partition coefficient (Wildman–Crippen LogP) is 2.14. The molecule has 0 heterocycles. The van der Waals surface area contributed by atoms with Crippen LogP contribution in [0.4, 0.5) is 4.79 Å². The van der Waals surface area contributed by atoms with Crippen molar-refractivity contribution in [3.8, 4) is 0 Å². The lowest BCUT2D eigenvalue weighted by Gasteiger charge is -2.36. The van der Waals surface area contributed by atoms with Crippen molar-refractivity contribution in [2.75, 3.05) is 6.54 Å². The Labute approximate surface area is 92.4 Å². The molecule has 0 rings (SSSR count). The van der Waals surface area contributed by atoms with Crippen molar-refractivity contribution in [3.63, 3.8) is 0 Å². The van der Waals surface area contributed by atoms with E-state index in [0.29, 0.717) is 12.5 Å². The van der Waals surface area contributed by atoms with Gasteiger partial charge < -0.3 is 15.7 Å². The van der Waals surface area contributed by atoms with E-state index in [4.69, 9.17) is 10.8 Å². The fourth-order valence-corrected chi connectivity index (χ4v) is 1.33. The largest absolute Gasteiger partial charge is 0.465 e. The van der Waals surface area contributed by atoms with Gasteiger partial charge in [-0.25, -0.2) is 4.79 Å². The summed E-state index contributed by atoms with van der Waals surface area (Å²) < 4.78 is 0. The summed E-state index contributed by atoms with van der Waals surface area (Å²) in [4.78, 5) is 12.5. The lowest BCUT2D eigenvalue weighted by atomic mass is 9.97. The summed E-state index contributed by atoms with van der Waals surface area (Å²) in [6.45, 7) is 10.1. The first-order chi connectivity index (χ1) is 6.70. The summed E-state index contributed by atoms with van der Waals surface area (Å²) in [7, 11) is 0. The van der Waals surface area contributed by atoms with Crippen molar-refractivity contribution < 1.29 is 9.90 Å². The molecule has 0 aromatic heterocycles. The highest BCUT2D eigenvalue weighted by Crippen LogP contribution is 2.16. The molecular weight excluding hydrogens is 192 g/mol. The molecule has 3 N–H and O–H groups in total. The van der Waals surface area contributed by atoms with E-state index in [1.165, 1.54) is 4.90 Å². The highest BCUT2D eigenvalue weighted by Gasteiger charge is 2.28. The molecule has 4 nitrogen and oxygen atoms in total. The molecule has 0 aliphatic carbocycles. The molecule has 0 radical (unpaired) electrons. The Morgan fingerprint density at radius 2 is 1.93 bits per heavy atom. The zero-order chi connectivity index (χ0) is 12.2. The molecule has 1 amide bonds. The maximum Gasteiger partial charge on any atom is 0.407 e. The maximum atomic E-state index is 11.1. The smallest absolute Gasteiger partial charge is 0.407 e. The monoisotopic (exact) mass is 216 g/mol. The number of nitrogens with zero attached hydrogens (tertiary/aromatic N) is 1. The van der Waals surface area contributed by atoms with Crippen LogP contribution in [-0.2, 0) is 0 Å². The van der Waals surface area contributed by atoms with Gasteiger partial charge in [-0.1, -0.05) is 20.3 Å². The van der Waals surface area contributed by atoms with Crippen LogP contribution in [0.5, 0.6) is 0 Å². The zero-order valence-electron chi connectivity index (χ0n) is 10.4. The summed E-state index contributed by atoms with van der Waals surface area (Å²) in [5.41, 5.74) is 5.57. The van der Waals surface area contributed by atoms with Crippen LogP contribution in [0.25, 0.3) is 0 Å². The van der Waals surface area contributed by atoms with E-state index < -0.39 is 11.6 Å². The van der Waals surface area contributed by atoms with Gasteiger partial charge in [-0.2, -0.15) is 0 Å². The van der Waals surface area contributed by atoms with Crippen molar-refractivity contribution in [1.29, 1.82) is 0 Å². The van der Waals surface area contributed by atoms with E-state index in [2.05, 4.69) is 6.92 Å². The fourth-order valence-electron chi connectivity index (χ4n) is 1.33. The normalized spacial score (nSPS) is 15.9. The lowest BCUT2D eigenvalue weighted by molar-refractivity contribution is 0.0915. The molecule has 0 spiro atoms. The molecule has 0 saturated heterocycles. The van der Waals surface area contributed by atoms with Gasteiger partial charge in [-0.3, -0.25) is 0 Å². The van der Waals surface area contributed by atoms with Gasteiger partial charge in [0, 0.05) is 18.1 Å². The van der Waals surface area contributed by atoms with Gasteiger partial charge in [-0.05, 0) is 26.7 Å². The maximum absolute atomic E-state index is 11.1. The van der Waals surface area contributed by atoms with Gasteiger partial charge >= 0.3 is 6.09 Å². The molecule has 0 aliphatic heterocycles. The number of carbonyl (C=O) groups is 1. The van der Waals surface area contributed by atoms with Crippen LogP contribution in [0, 0.1) is 5.92 Å². The minimum atomic E-state index is -0.902. The first-order valence-corrected chi connectivity index (χ1v) is 5.46. The zero-order valence-corrected chi connectivity index (χ0v) is 10.4. The summed E-state index contributed by atoms with van der Waals surface area (Å²) in [5, 5.41) is 9.08. The summed E-state index contributed by atoms with van der Waals surface area (Å²) in [5.74, 6) is 0.342. The molecule has 0 aliphatic rings. The summed E-state index contributed by atoms with van der Waals surface area (Å²) in [6.07, 6.45) is 0.0694. The van der Waals surface area contributed by atoms with Crippen LogP contribution in [0.3, 0.4) is 0 Å². The number of amides is 1. The van der Waals surface area contributed by atoms with Gasteiger partial charge in [0.15, 0.2) is 0 Å². The second-order valence-corrected chi connectivity index (χ2v) is 5.11. The van der Waals surface area contributed by atoms with Crippen LogP contribution >= 0.6 is 0 Å². The first-order valence-electron chi connectivity index (χ1n) is 5.46. The Hall–Kier alpha value is -0.770. The molecule has 0 aromatic rings. The van der Waals surface area contributed by atoms with E-state index in [9.17, 15) is 4.79 Å². The standard InChI is InChI=1S/C11H24N2O2/c1-6-8(2)9(12)7-13(10(14)15)11(3,4)5/h8-9H,6-7,12H2,1-5H3,(H,14,15)/t8?,9-/m0/s1. The van der Waals surface area contributed by atoms with Crippen molar-refractivity contribution >= 4 is 6.09 Å². The SMILES string of the molecule is CCC(C)[C@@H](N)CN(C(=O)O)C(C)(C)C. The average molecular weight is 216 g/mol. The topological polar surface area (TPSA) is 66.6 Å². The van der Waals surface area contributed by atoms with E-state index in [1.807, 2.05) is 27.7 Å².